The normalized spacial score (nSPS) is 17.3. The van der Waals surface area contributed by atoms with E-state index in [2.05, 4.69) is 37.0 Å². The van der Waals surface area contributed by atoms with E-state index in [1.807, 2.05) is 13.0 Å². The van der Waals surface area contributed by atoms with E-state index in [4.69, 9.17) is 0 Å². The molecule has 0 aromatic heterocycles. The maximum absolute atomic E-state index is 3.78. The van der Waals surface area contributed by atoms with Crippen molar-refractivity contribution in [1.29, 1.82) is 0 Å². The zero-order valence-electron chi connectivity index (χ0n) is 6.25. The third-order valence-electron chi connectivity index (χ3n) is 1.38. The quantitative estimate of drug-likeness (QED) is 0.507. The Morgan fingerprint density at radius 2 is 2.00 bits per heavy atom. The molecule has 0 unspecified atom stereocenters. The summed E-state index contributed by atoms with van der Waals surface area (Å²) < 4.78 is 0. The van der Waals surface area contributed by atoms with E-state index in [1.165, 1.54) is 0 Å². The molecule has 0 aromatic carbocycles. The number of hydrogen-bond acceptors (Lipinski definition) is 0. The zero-order valence-corrected chi connectivity index (χ0v) is 6.25. The first kappa shape index (κ1) is 7.07. The summed E-state index contributed by atoms with van der Waals surface area (Å²) >= 11 is 0. The van der Waals surface area contributed by atoms with Gasteiger partial charge in [-0.3, -0.25) is 0 Å². The van der Waals surface area contributed by atoms with Gasteiger partial charge in [0.15, 0.2) is 0 Å². The molecular formula is C10H12. The van der Waals surface area contributed by atoms with Crippen molar-refractivity contribution in [2.24, 2.45) is 5.92 Å². The summed E-state index contributed by atoms with van der Waals surface area (Å²) in [6.45, 7) is 5.78. The van der Waals surface area contributed by atoms with Crippen LogP contribution in [0.15, 0.2) is 48.6 Å². The molecule has 0 amide bonds. The summed E-state index contributed by atoms with van der Waals surface area (Å²) in [5, 5.41) is 0. The van der Waals surface area contributed by atoms with Gasteiger partial charge in [-0.1, -0.05) is 48.6 Å². The first-order valence-electron chi connectivity index (χ1n) is 3.48. The zero-order chi connectivity index (χ0) is 7.40. The van der Waals surface area contributed by atoms with E-state index in [0.29, 0.717) is 5.92 Å². The first-order chi connectivity index (χ1) is 4.79. The molecule has 0 N–H and O–H groups in total. The van der Waals surface area contributed by atoms with Gasteiger partial charge >= 0.3 is 0 Å². The fourth-order valence-electron chi connectivity index (χ4n) is 0.853. The van der Waals surface area contributed by atoms with Crippen LogP contribution in [-0.2, 0) is 0 Å². The van der Waals surface area contributed by atoms with Gasteiger partial charge in [0.1, 0.15) is 0 Å². The second-order valence-electron chi connectivity index (χ2n) is 2.55. The maximum atomic E-state index is 3.78. The number of hydrogen-bond donors (Lipinski definition) is 0. The highest BCUT2D eigenvalue weighted by atomic mass is 14.0. The van der Waals surface area contributed by atoms with Crippen molar-refractivity contribution in [2.75, 3.05) is 0 Å². The Morgan fingerprint density at radius 1 is 1.40 bits per heavy atom. The van der Waals surface area contributed by atoms with E-state index in [9.17, 15) is 0 Å². The van der Waals surface area contributed by atoms with E-state index in [1.54, 1.807) is 0 Å². The van der Waals surface area contributed by atoms with Crippen LogP contribution in [0.4, 0.5) is 0 Å². The van der Waals surface area contributed by atoms with Crippen LogP contribution in [0, 0.1) is 5.92 Å². The topological polar surface area (TPSA) is 0 Å². The van der Waals surface area contributed by atoms with Crippen LogP contribution in [0.3, 0.4) is 0 Å². The van der Waals surface area contributed by atoms with Crippen molar-refractivity contribution in [3.05, 3.63) is 48.6 Å². The lowest BCUT2D eigenvalue weighted by Crippen LogP contribution is -1.79. The molecule has 0 radical (unpaired) electrons. The highest BCUT2D eigenvalue weighted by molar-refractivity contribution is 5.25. The molecular weight excluding hydrogens is 120 g/mol. The molecule has 52 valence electrons. The molecule has 1 aliphatic carbocycles. The van der Waals surface area contributed by atoms with Gasteiger partial charge in [-0.25, -0.2) is 0 Å². The van der Waals surface area contributed by atoms with Gasteiger partial charge in [-0.05, 0) is 6.92 Å². The average Bonchev–Trinajstić information content (AvgIpc) is 2.34. The molecule has 0 atom stereocenters. The predicted molar refractivity (Wildman–Crippen MR) is 45.7 cm³/mol. The molecule has 0 spiro atoms. The highest BCUT2D eigenvalue weighted by Gasteiger charge is 1.95. The Labute approximate surface area is 62.3 Å². The summed E-state index contributed by atoms with van der Waals surface area (Å²) in [5.41, 5.74) is 1.11. The van der Waals surface area contributed by atoms with Crippen LogP contribution < -0.4 is 0 Å². The largest absolute Gasteiger partial charge is 0.0961 e. The number of allylic oxidation sites excluding steroid dienone is 7. The second kappa shape index (κ2) is 3.21. The smallest absolute Gasteiger partial charge is 0.0136 e. The van der Waals surface area contributed by atoms with Gasteiger partial charge < -0.3 is 0 Å². The van der Waals surface area contributed by atoms with E-state index in [0.717, 1.165) is 5.57 Å². The summed E-state index contributed by atoms with van der Waals surface area (Å²) in [6, 6.07) is 0. The Morgan fingerprint density at radius 3 is 2.50 bits per heavy atom. The minimum Gasteiger partial charge on any atom is -0.0961 e. The molecule has 0 aromatic rings. The van der Waals surface area contributed by atoms with Crippen LogP contribution in [0.1, 0.15) is 6.92 Å². The first-order valence-corrected chi connectivity index (χ1v) is 3.48. The third-order valence-corrected chi connectivity index (χ3v) is 1.38. The average molecular weight is 132 g/mol. The highest BCUT2D eigenvalue weighted by Crippen LogP contribution is 2.10. The van der Waals surface area contributed by atoms with Crippen molar-refractivity contribution in [2.45, 2.75) is 6.92 Å². The molecule has 0 fully saturated rings. The number of rotatable bonds is 2. The van der Waals surface area contributed by atoms with Gasteiger partial charge in [-0.15, -0.1) is 0 Å². The van der Waals surface area contributed by atoms with Crippen molar-refractivity contribution >= 4 is 0 Å². The molecule has 10 heavy (non-hydrogen) atoms. The van der Waals surface area contributed by atoms with Crippen molar-refractivity contribution in [1.82, 2.24) is 0 Å². The molecule has 1 aliphatic rings. The van der Waals surface area contributed by atoms with Crippen LogP contribution in [-0.4, -0.2) is 0 Å². The van der Waals surface area contributed by atoms with Crippen LogP contribution in [0.2, 0.25) is 0 Å². The summed E-state index contributed by atoms with van der Waals surface area (Å²) in [6.07, 6.45) is 12.6. The minimum absolute atomic E-state index is 0.497. The van der Waals surface area contributed by atoms with E-state index >= 15 is 0 Å². The Kier molecular flexibility index (Phi) is 2.27. The molecule has 0 saturated heterocycles. The molecule has 0 heteroatoms. The van der Waals surface area contributed by atoms with Crippen molar-refractivity contribution < 1.29 is 0 Å². The van der Waals surface area contributed by atoms with Gasteiger partial charge in [0.05, 0.1) is 0 Å². The predicted octanol–water partition coefficient (Wildman–Crippen LogP) is 2.86. The molecule has 1 rings (SSSR count). The van der Waals surface area contributed by atoms with Crippen molar-refractivity contribution in [3.8, 4) is 0 Å². The van der Waals surface area contributed by atoms with Gasteiger partial charge in [0.25, 0.3) is 0 Å². The SMILES string of the molecule is C=C(C)C=CC1C=CC=C1. The van der Waals surface area contributed by atoms with Gasteiger partial charge in [0.2, 0.25) is 0 Å². The fourth-order valence-corrected chi connectivity index (χ4v) is 0.853. The summed E-state index contributed by atoms with van der Waals surface area (Å²) in [7, 11) is 0. The van der Waals surface area contributed by atoms with Gasteiger partial charge in [0, 0.05) is 5.92 Å². The Balaban J connectivity index is 2.46. The molecule has 0 aliphatic heterocycles. The Hall–Kier alpha value is -1.04. The van der Waals surface area contributed by atoms with Crippen molar-refractivity contribution in [3.63, 3.8) is 0 Å². The van der Waals surface area contributed by atoms with Crippen LogP contribution in [0.25, 0.3) is 0 Å². The summed E-state index contributed by atoms with van der Waals surface area (Å²) in [4.78, 5) is 0. The lowest BCUT2D eigenvalue weighted by atomic mass is 10.1. The molecule has 0 nitrogen and oxygen atoms in total. The Bertz CT molecular complexity index is 192. The van der Waals surface area contributed by atoms with Gasteiger partial charge in [-0.2, -0.15) is 0 Å². The van der Waals surface area contributed by atoms with E-state index < -0.39 is 0 Å². The molecule has 0 bridgehead atoms. The monoisotopic (exact) mass is 132 g/mol. The lowest BCUT2D eigenvalue weighted by Gasteiger charge is -1.93. The third kappa shape index (κ3) is 2.06. The fraction of sp³-hybridized carbons (Fsp3) is 0.200. The molecule has 0 heterocycles. The minimum atomic E-state index is 0.497. The lowest BCUT2D eigenvalue weighted by molar-refractivity contribution is 1.09. The van der Waals surface area contributed by atoms with E-state index in [-0.39, 0.29) is 0 Å². The molecule has 0 saturated carbocycles. The van der Waals surface area contributed by atoms with Crippen LogP contribution >= 0.6 is 0 Å². The van der Waals surface area contributed by atoms with Crippen LogP contribution in [0.5, 0.6) is 0 Å². The standard InChI is InChI=1S/C10H12/c1-9(2)7-8-10-5-3-4-6-10/h3-8,10H,1H2,2H3. The maximum Gasteiger partial charge on any atom is 0.0136 e. The second-order valence-corrected chi connectivity index (χ2v) is 2.55. The summed E-state index contributed by atoms with van der Waals surface area (Å²) in [5.74, 6) is 0.497.